The lowest BCUT2D eigenvalue weighted by Gasteiger charge is -2.04. The summed E-state index contributed by atoms with van der Waals surface area (Å²) in [5, 5.41) is 3.94. The van der Waals surface area contributed by atoms with Gasteiger partial charge in [0.2, 0.25) is 5.91 Å². The standard InChI is InChI=1S/C21H14ClN5O2S2/c22-13-7-5-12(6-8-13)9-14-10-23-20(30-14)26-17(28)11-27-18-19(31-21(27)29)25-16-4-2-1-3-15(16)24-18/h1-8,10H,9,11H2,(H,23,26,28). The molecule has 0 fully saturated rings. The molecular weight excluding hydrogens is 454 g/mol. The Labute approximate surface area is 189 Å². The molecule has 5 rings (SSSR count). The van der Waals surface area contributed by atoms with Crippen molar-refractivity contribution in [3.63, 3.8) is 0 Å². The third-order valence-corrected chi connectivity index (χ3v) is 6.60. The number of rotatable bonds is 5. The fourth-order valence-corrected chi connectivity index (χ4v) is 4.94. The molecule has 0 aliphatic heterocycles. The lowest BCUT2D eigenvalue weighted by Crippen LogP contribution is -2.24. The first kappa shape index (κ1) is 19.8. The van der Waals surface area contributed by atoms with Crippen molar-refractivity contribution in [3.8, 4) is 0 Å². The molecule has 0 bridgehead atoms. The molecule has 0 aliphatic rings. The van der Waals surface area contributed by atoms with Crippen LogP contribution in [0, 0.1) is 0 Å². The molecule has 1 amide bonds. The second kappa shape index (κ2) is 8.18. The fourth-order valence-electron chi connectivity index (χ4n) is 3.14. The highest BCUT2D eigenvalue weighted by molar-refractivity contribution is 7.16. The van der Waals surface area contributed by atoms with Gasteiger partial charge < -0.3 is 5.32 Å². The van der Waals surface area contributed by atoms with Crippen LogP contribution < -0.4 is 10.2 Å². The molecule has 0 unspecified atom stereocenters. The summed E-state index contributed by atoms with van der Waals surface area (Å²) < 4.78 is 1.34. The lowest BCUT2D eigenvalue weighted by atomic mass is 10.1. The van der Waals surface area contributed by atoms with Gasteiger partial charge in [-0.1, -0.05) is 47.2 Å². The third kappa shape index (κ3) is 4.20. The average Bonchev–Trinajstić information content (AvgIpc) is 3.31. The molecule has 7 nitrogen and oxygen atoms in total. The van der Waals surface area contributed by atoms with E-state index in [1.54, 1.807) is 6.20 Å². The zero-order chi connectivity index (χ0) is 21.4. The van der Waals surface area contributed by atoms with Gasteiger partial charge in [-0.05, 0) is 29.8 Å². The minimum absolute atomic E-state index is 0.155. The van der Waals surface area contributed by atoms with E-state index in [-0.39, 0.29) is 17.3 Å². The van der Waals surface area contributed by atoms with Crippen molar-refractivity contribution in [2.24, 2.45) is 0 Å². The number of hydrogen-bond acceptors (Lipinski definition) is 7. The second-order valence-corrected chi connectivity index (χ2v) is 9.27. The molecule has 0 spiro atoms. The summed E-state index contributed by atoms with van der Waals surface area (Å²) in [7, 11) is 0. The summed E-state index contributed by atoms with van der Waals surface area (Å²) in [4.78, 5) is 39.5. The van der Waals surface area contributed by atoms with Gasteiger partial charge in [-0.3, -0.25) is 14.2 Å². The zero-order valence-electron chi connectivity index (χ0n) is 15.9. The normalized spacial score (nSPS) is 11.3. The Morgan fingerprint density at radius 3 is 2.55 bits per heavy atom. The molecule has 1 N–H and O–H groups in total. The van der Waals surface area contributed by atoms with Gasteiger partial charge in [-0.25, -0.2) is 15.0 Å². The van der Waals surface area contributed by atoms with E-state index in [4.69, 9.17) is 11.6 Å². The second-order valence-electron chi connectivity index (χ2n) is 6.78. The van der Waals surface area contributed by atoms with Gasteiger partial charge in [0, 0.05) is 22.5 Å². The predicted molar refractivity (Wildman–Crippen MR) is 124 cm³/mol. The van der Waals surface area contributed by atoms with Crippen LogP contribution in [0.2, 0.25) is 5.02 Å². The highest BCUT2D eigenvalue weighted by Crippen LogP contribution is 2.22. The first-order chi connectivity index (χ1) is 15.0. The highest BCUT2D eigenvalue weighted by Gasteiger charge is 2.15. The summed E-state index contributed by atoms with van der Waals surface area (Å²) in [6.45, 7) is -0.155. The van der Waals surface area contributed by atoms with Crippen molar-refractivity contribution in [2.45, 2.75) is 13.0 Å². The topological polar surface area (TPSA) is 89.8 Å². The average molecular weight is 468 g/mol. The number of anilines is 1. The SMILES string of the molecule is O=C(Cn1c(=O)sc2nc3ccccc3nc21)Nc1ncc(Cc2ccc(Cl)cc2)s1. The number of nitrogens with zero attached hydrogens (tertiary/aromatic N) is 4. The van der Waals surface area contributed by atoms with Gasteiger partial charge in [0.25, 0.3) is 0 Å². The predicted octanol–water partition coefficient (Wildman–Crippen LogP) is 4.35. The Kier molecular flexibility index (Phi) is 5.23. The number of fused-ring (bicyclic) bond motifs is 2. The summed E-state index contributed by atoms with van der Waals surface area (Å²) in [6.07, 6.45) is 2.43. The Morgan fingerprint density at radius 1 is 1.03 bits per heavy atom. The van der Waals surface area contributed by atoms with E-state index in [2.05, 4.69) is 20.3 Å². The maximum Gasteiger partial charge on any atom is 0.311 e. The van der Waals surface area contributed by atoms with E-state index in [1.807, 2.05) is 48.5 Å². The smallest absolute Gasteiger partial charge is 0.300 e. The fraction of sp³-hybridized carbons (Fsp3) is 0.0952. The molecule has 0 saturated carbocycles. The number of nitrogens with one attached hydrogen (secondary N) is 1. The lowest BCUT2D eigenvalue weighted by molar-refractivity contribution is -0.116. The van der Waals surface area contributed by atoms with Gasteiger partial charge in [0.1, 0.15) is 6.54 Å². The monoisotopic (exact) mass is 467 g/mol. The van der Waals surface area contributed by atoms with E-state index in [9.17, 15) is 9.59 Å². The summed E-state index contributed by atoms with van der Waals surface area (Å²) in [5.41, 5.74) is 2.90. The molecule has 2 aromatic carbocycles. The molecule has 5 aromatic rings. The van der Waals surface area contributed by atoms with Crippen LogP contribution in [0.15, 0.2) is 59.5 Å². The molecule has 10 heteroatoms. The van der Waals surface area contributed by atoms with E-state index in [0.29, 0.717) is 38.1 Å². The number of carbonyl (C=O) groups is 1. The molecule has 0 aliphatic carbocycles. The minimum atomic E-state index is -0.343. The number of amides is 1. The van der Waals surface area contributed by atoms with Crippen molar-refractivity contribution < 1.29 is 4.79 Å². The van der Waals surface area contributed by atoms with Crippen molar-refractivity contribution in [2.75, 3.05) is 5.32 Å². The van der Waals surface area contributed by atoms with Crippen molar-refractivity contribution in [1.29, 1.82) is 0 Å². The first-order valence-corrected chi connectivity index (χ1v) is 11.3. The van der Waals surface area contributed by atoms with Gasteiger partial charge in [-0.2, -0.15) is 0 Å². The van der Waals surface area contributed by atoms with E-state index in [0.717, 1.165) is 21.8 Å². The van der Waals surface area contributed by atoms with E-state index in [1.165, 1.54) is 15.9 Å². The molecular formula is C21H14ClN5O2S2. The molecule has 3 aromatic heterocycles. The molecule has 0 atom stereocenters. The quantitative estimate of drug-likeness (QED) is 0.415. The van der Waals surface area contributed by atoms with Crippen molar-refractivity contribution in [1.82, 2.24) is 19.5 Å². The summed E-state index contributed by atoms with van der Waals surface area (Å²) >= 11 is 8.29. The molecule has 0 saturated heterocycles. The zero-order valence-corrected chi connectivity index (χ0v) is 18.3. The van der Waals surface area contributed by atoms with Crippen LogP contribution in [-0.2, 0) is 17.8 Å². The van der Waals surface area contributed by atoms with Gasteiger partial charge in [0.15, 0.2) is 15.6 Å². The maximum atomic E-state index is 12.6. The Hall–Kier alpha value is -3.14. The summed E-state index contributed by atoms with van der Waals surface area (Å²) in [6, 6.07) is 15.0. The largest absolute Gasteiger partial charge is 0.311 e. The van der Waals surface area contributed by atoms with Crippen LogP contribution in [0.3, 0.4) is 0 Å². The number of aromatic nitrogens is 4. The molecule has 3 heterocycles. The van der Waals surface area contributed by atoms with Gasteiger partial charge in [0.05, 0.1) is 11.0 Å². The molecule has 154 valence electrons. The van der Waals surface area contributed by atoms with Crippen LogP contribution in [0.5, 0.6) is 0 Å². The van der Waals surface area contributed by atoms with E-state index < -0.39 is 0 Å². The van der Waals surface area contributed by atoms with Gasteiger partial charge in [-0.15, -0.1) is 11.3 Å². The van der Waals surface area contributed by atoms with E-state index >= 15 is 0 Å². The first-order valence-electron chi connectivity index (χ1n) is 9.30. The number of para-hydroxylation sites is 2. The number of halogens is 1. The van der Waals surface area contributed by atoms with Crippen LogP contribution in [-0.4, -0.2) is 25.4 Å². The number of thiazole rings is 2. The summed E-state index contributed by atoms with van der Waals surface area (Å²) in [5.74, 6) is -0.343. The maximum absolute atomic E-state index is 12.6. The number of benzene rings is 2. The third-order valence-electron chi connectivity index (χ3n) is 4.57. The van der Waals surface area contributed by atoms with Crippen molar-refractivity contribution >= 4 is 66.8 Å². The number of hydrogen-bond donors (Lipinski definition) is 1. The number of carbonyl (C=O) groups excluding carboxylic acids is 1. The molecule has 0 radical (unpaired) electrons. The minimum Gasteiger partial charge on any atom is -0.300 e. The van der Waals surface area contributed by atoms with Crippen molar-refractivity contribution in [3.05, 3.63) is 79.9 Å². The van der Waals surface area contributed by atoms with Crippen LogP contribution in [0.1, 0.15) is 10.4 Å². The Bertz CT molecular complexity index is 1470. The Morgan fingerprint density at radius 2 is 1.77 bits per heavy atom. The Balaban J connectivity index is 1.33. The molecule has 31 heavy (non-hydrogen) atoms. The van der Waals surface area contributed by atoms with Crippen LogP contribution >= 0.6 is 34.3 Å². The van der Waals surface area contributed by atoms with Crippen LogP contribution in [0.4, 0.5) is 5.13 Å². The highest BCUT2D eigenvalue weighted by atomic mass is 35.5. The van der Waals surface area contributed by atoms with Crippen LogP contribution in [0.25, 0.3) is 21.5 Å². The van der Waals surface area contributed by atoms with Gasteiger partial charge >= 0.3 is 4.87 Å².